The zero-order valence-corrected chi connectivity index (χ0v) is 24.0. The summed E-state index contributed by atoms with van der Waals surface area (Å²) in [4.78, 5) is 23.4. The number of aromatic nitrogens is 4. The van der Waals surface area contributed by atoms with Crippen LogP contribution in [-0.4, -0.2) is 75.6 Å². The third-order valence-corrected chi connectivity index (χ3v) is 6.85. The molecule has 0 N–H and O–H groups in total. The molecule has 0 spiro atoms. The van der Waals surface area contributed by atoms with Crippen molar-refractivity contribution in [2.24, 2.45) is 0 Å². The molecule has 3 heterocycles. The van der Waals surface area contributed by atoms with Crippen LogP contribution in [0.1, 0.15) is 26.3 Å². The first-order valence-electron chi connectivity index (χ1n) is 11.9. The van der Waals surface area contributed by atoms with Crippen LogP contribution in [0.25, 0.3) is 11.4 Å². The van der Waals surface area contributed by atoms with E-state index in [4.69, 9.17) is 44.3 Å². The molecular weight excluding hydrogens is 577 g/mol. The van der Waals surface area contributed by atoms with Gasteiger partial charge < -0.3 is 19.3 Å². The molecule has 0 unspecified atom stereocenters. The van der Waals surface area contributed by atoms with Gasteiger partial charge in [-0.05, 0) is 38.5 Å². The lowest BCUT2D eigenvalue weighted by Crippen LogP contribution is -2.44. The number of hydrogen-bond acceptors (Lipinski definition) is 7. The molecule has 9 nitrogen and oxygen atoms in total. The van der Waals surface area contributed by atoms with E-state index in [1.165, 1.54) is 11.1 Å². The molecule has 0 saturated carbocycles. The van der Waals surface area contributed by atoms with Crippen LogP contribution in [0.15, 0.2) is 30.5 Å². The van der Waals surface area contributed by atoms with Gasteiger partial charge in [-0.25, -0.2) is 28.2 Å². The zero-order chi connectivity index (χ0) is 28.5. The third-order valence-electron chi connectivity index (χ3n) is 5.74. The van der Waals surface area contributed by atoms with E-state index in [0.717, 1.165) is 16.2 Å². The van der Waals surface area contributed by atoms with Crippen LogP contribution in [-0.2, 0) is 11.3 Å². The fourth-order valence-electron chi connectivity index (χ4n) is 3.94. The Balaban J connectivity index is 1.61. The van der Waals surface area contributed by atoms with Gasteiger partial charge in [0.25, 0.3) is 5.92 Å². The standard InChI is InChI=1S/C25H27Cl3F2N6O3/c1-24(2,3)39-23(37)35-10-9-34(13-25(29,30)14-35)22-18(26)19(27)32-21(33-22)17-11-31-36(20(17)28)12-15-5-7-16(38-4)8-6-15/h5-8,11H,9-10,12-14H2,1-4H3. The summed E-state index contributed by atoms with van der Waals surface area (Å²) in [7, 11) is 1.58. The van der Waals surface area contributed by atoms with E-state index in [1.807, 2.05) is 24.3 Å². The van der Waals surface area contributed by atoms with E-state index < -0.39 is 30.7 Å². The molecule has 39 heavy (non-hydrogen) atoms. The van der Waals surface area contributed by atoms with Crippen LogP contribution in [0.3, 0.4) is 0 Å². The number of halogens is 5. The zero-order valence-electron chi connectivity index (χ0n) is 21.7. The van der Waals surface area contributed by atoms with Crippen molar-refractivity contribution in [3.05, 3.63) is 51.4 Å². The number of alkyl halides is 2. The molecular formula is C25H27Cl3F2N6O3. The number of anilines is 1. The second-order valence-corrected chi connectivity index (χ2v) is 11.1. The van der Waals surface area contributed by atoms with Crippen LogP contribution >= 0.6 is 34.8 Å². The lowest BCUT2D eigenvalue weighted by atomic mass is 10.2. The molecule has 1 aliphatic rings. The first kappa shape index (κ1) is 29.1. The Hall–Kier alpha value is -2.89. The van der Waals surface area contributed by atoms with E-state index in [9.17, 15) is 13.6 Å². The van der Waals surface area contributed by atoms with Crippen LogP contribution in [0, 0.1) is 0 Å². The molecule has 1 aliphatic heterocycles. The number of hydrogen-bond donors (Lipinski definition) is 0. The summed E-state index contributed by atoms with van der Waals surface area (Å²) < 4.78 is 41.9. The van der Waals surface area contributed by atoms with E-state index >= 15 is 0 Å². The number of nitrogens with zero attached hydrogens (tertiary/aromatic N) is 6. The number of ether oxygens (including phenoxy) is 2. The first-order valence-corrected chi connectivity index (χ1v) is 13.1. The van der Waals surface area contributed by atoms with Crippen molar-refractivity contribution in [1.82, 2.24) is 24.6 Å². The highest BCUT2D eigenvalue weighted by Crippen LogP contribution is 2.36. The lowest BCUT2D eigenvalue weighted by molar-refractivity contribution is -0.0285. The van der Waals surface area contributed by atoms with Gasteiger partial charge in [0.15, 0.2) is 16.8 Å². The summed E-state index contributed by atoms with van der Waals surface area (Å²) in [5.74, 6) is -2.50. The highest BCUT2D eigenvalue weighted by Gasteiger charge is 2.41. The molecule has 0 atom stereocenters. The Bertz CT molecular complexity index is 1350. The lowest BCUT2D eigenvalue weighted by Gasteiger charge is -2.27. The second-order valence-electron chi connectivity index (χ2n) is 10.0. The summed E-state index contributed by atoms with van der Waals surface area (Å²) in [5, 5.41) is 4.33. The molecule has 14 heteroatoms. The Morgan fingerprint density at radius 1 is 1.08 bits per heavy atom. The Morgan fingerprint density at radius 3 is 2.41 bits per heavy atom. The monoisotopic (exact) mass is 602 g/mol. The fraction of sp³-hybridized carbons (Fsp3) is 0.440. The maximum Gasteiger partial charge on any atom is 0.410 e. The molecule has 1 fully saturated rings. The Kier molecular flexibility index (Phi) is 8.44. The maximum atomic E-state index is 15.0. The number of rotatable bonds is 5. The SMILES string of the molecule is COc1ccc(Cn2ncc(-c3nc(Cl)c(Cl)c(N4CCN(C(=O)OC(C)(C)C)CC(F)(F)C4)n3)c2Cl)cc1. The van der Waals surface area contributed by atoms with Crippen molar-refractivity contribution >= 4 is 46.7 Å². The van der Waals surface area contributed by atoms with Crippen molar-refractivity contribution in [3.63, 3.8) is 0 Å². The summed E-state index contributed by atoms with van der Waals surface area (Å²) in [6.45, 7) is 3.76. The minimum Gasteiger partial charge on any atom is -0.497 e. The fourth-order valence-corrected chi connectivity index (χ4v) is 4.55. The van der Waals surface area contributed by atoms with Crippen molar-refractivity contribution < 1.29 is 23.0 Å². The van der Waals surface area contributed by atoms with Crippen molar-refractivity contribution in [2.75, 3.05) is 38.2 Å². The smallest absolute Gasteiger partial charge is 0.410 e. The van der Waals surface area contributed by atoms with Gasteiger partial charge in [0, 0.05) is 13.1 Å². The van der Waals surface area contributed by atoms with Crippen molar-refractivity contribution in [3.8, 4) is 17.1 Å². The van der Waals surface area contributed by atoms with Gasteiger partial charge in [-0.1, -0.05) is 46.9 Å². The summed E-state index contributed by atoms with van der Waals surface area (Å²) in [6, 6.07) is 7.40. The largest absolute Gasteiger partial charge is 0.497 e. The molecule has 3 aromatic rings. The van der Waals surface area contributed by atoms with E-state index in [2.05, 4.69) is 15.1 Å². The van der Waals surface area contributed by atoms with E-state index in [-0.39, 0.29) is 40.1 Å². The summed E-state index contributed by atoms with van der Waals surface area (Å²) in [6.07, 6.45) is 0.642. The summed E-state index contributed by atoms with van der Waals surface area (Å²) in [5.41, 5.74) is 0.444. The molecule has 1 amide bonds. The van der Waals surface area contributed by atoms with Gasteiger partial charge in [0.1, 0.15) is 21.5 Å². The van der Waals surface area contributed by atoms with E-state index in [1.54, 1.807) is 32.6 Å². The highest BCUT2D eigenvalue weighted by molar-refractivity contribution is 6.43. The second kappa shape index (κ2) is 11.3. The molecule has 0 radical (unpaired) electrons. The highest BCUT2D eigenvalue weighted by atomic mass is 35.5. The van der Waals surface area contributed by atoms with Gasteiger partial charge in [-0.15, -0.1) is 0 Å². The van der Waals surface area contributed by atoms with E-state index in [0.29, 0.717) is 12.1 Å². The molecule has 0 aliphatic carbocycles. The molecule has 1 saturated heterocycles. The molecule has 0 bridgehead atoms. The van der Waals surface area contributed by atoms with Gasteiger partial charge in [0.2, 0.25) is 0 Å². The quantitative estimate of drug-likeness (QED) is 0.328. The van der Waals surface area contributed by atoms with Crippen LogP contribution in [0.2, 0.25) is 15.3 Å². The van der Waals surface area contributed by atoms with Crippen LogP contribution in [0.4, 0.5) is 19.4 Å². The molecule has 1 aromatic carbocycles. The van der Waals surface area contributed by atoms with Gasteiger partial charge in [-0.2, -0.15) is 5.10 Å². The minimum absolute atomic E-state index is 0.00338. The first-order chi connectivity index (χ1) is 18.3. The third kappa shape index (κ3) is 7.01. The van der Waals surface area contributed by atoms with Crippen LogP contribution in [0.5, 0.6) is 5.75 Å². The maximum absolute atomic E-state index is 15.0. The predicted molar refractivity (Wildman–Crippen MR) is 145 cm³/mol. The van der Waals surface area contributed by atoms with Gasteiger partial charge in [0.05, 0.1) is 38.5 Å². The van der Waals surface area contributed by atoms with Gasteiger partial charge >= 0.3 is 6.09 Å². The number of carbonyl (C=O) groups excluding carboxylic acids is 1. The normalized spacial score (nSPS) is 15.7. The number of carbonyl (C=O) groups is 1. The average Bonchev–Trinajstić information content (AvgIpc) is 3.12. The topological polar surface area (TPSA) is 85.6 Å². The number of benzene rings is 1. The van der Waals surface area contributed by atoms with Crippen molar-refractivity contribution in [2.45, 2.75) is 38.8 Å². The average molecular weight is 604 g/mol. The molecule has 2 aromatic heterocycles. The number of amides is 1. The Labute approximate surface area is 239 Å². The Morgan fingerprint density at radius 2 is 1.77 bits per heavy atom. The predicted octanol–water partition coefficient (Wildman–Crippen LogP) is 6.05. The molecule has 4 rings (SSSR count). The molecule has 210 valence electrons. The minimum atomic E-state index is -3.28. The van der Waals surface area contributed by atoms with Crippen LogP contribution < -0.4 is 9.64 Å². The van der Waals surface area contributed by atoms with Crippen molar-refractivity contribution in [1.29, 1.82) is 0 Å². The number of methoxy groups -OCH3 is 1. The van der Waals surface area contributed by atoms with Gasteiger partial charge in [-0.3, -0.25) is 0 Å². The summed E-state index contributed by atoms with van der Waals surface area (Å²) >= 11 is 19.3.